The Morgan fingerprint density at radius 1 is 0.444 bits per heavy atom. The summed E-state index contributed by atoms with van der Waals surface area (Å²) in [5, 5.41) is 10.9. The second-order valence-corrected chi connectivity index (χ2v) is 35.7. The first-order valence-electron chi connectivity index (χ1n) is 23.7. The Morgan fingerprint density at radius 2 is 0.810 bits per heavy atom. The predicted molar refractivity (Wildman–Crippen MR) is 275 cm³/mol. The molecule has 8 aromatic carbocycles. The van der Waals surface area contributed by atoms with Crippen molar-refractivity contribution in [2.75, 3.05) is 0 Å². The molecule has 2 fully saturated rings. The largest absolute Gasteiger partial charge is 0.147 e. The van der Waals surface area contributed by atoms with E-state index in [1.807, 2.05) is 11.1 Å². The van der Waals surface area contributed by atoms with Gasteiger partial charge in [-0.2, -0.15) is 0 Å². The maximum absolute atomic E-state index is 3.48. The second-order valence-electron chi connectivity index (χ2n) is 19.0. The average molecular weight is 1030 g/mol. The molecule has 0 amide bonds. The van der Waals surface area contributed by atoms with Crippen molar-refractivity contribution in [1.29, 1.82) is 0 Å². The van der Waals surface area contributed by atoms with Crippen LogP contribution in [-0.2, 0) is 20.0 Å². The molecular weight excluding hydrogens is 970 g/mol. The summed E-state index contributed by atoms with van der Waals surface area (Å²) in [5.41, 5.74) is 15.9. The summed E-state index contributed by atoms with van der Waals surface area (Å²) in [7, 11) is 0. The number of benzene rings is 8. The molecule has 1 saturated heterocycles. The zero-order chi connectivity index (χ0) is 40.7. The fourth-order valence-electron chi connectivity index (χ4n) is 13.6. The van der Waals surface area contributed by atoms with E-state index in [9.17, 15) is 0 Å². The van der Waals surface area contributed by atoms with Crippen molar-refractivity contribution in [3.8, 4) is 22.3 Å². The smallest absolute Gasteiger partial charge is 0.147 e. The summed E-state index contributed by atoms with van der Waals surface area (Å²) >= 11 is -3.48. The Hall–Kier alpha value is -4.27. The van der Waals surface area contributed by atoms with E-state index in [1.54, 1.807) is 22.3 Å². The fraction of sp³-hybridized carbons (Fsp3) is 0.267. The second kappa shape index (κ2) is 17.3. The summed E-state index contributed by atoms with van der Waals surface area (Å²) in [6.07, 6.45) is 18.9. The van der Waals surface area contributed by atoms with Crippen molar-refractivity contribution in [2.45, 2.75) is 92.8 Å². The molecule has 3 aliphatic carbocycles. The van der Waals surface area contributed by atoms with Gasteiger partial charge in [0.05, 0.1) is 0 Å². The van der Waals surface area contributed by atoms with Gasteiger partial charge in [0, 0.05) is 0 Å². The van der Waals surface area contributed by atoms with Crippen molar-refractivity contribution in [3.63, 3.8) is 0 Å². The van der Waals surface area contributed by atoms with E-state index in [-0.39, 0.29) is 24.8 Å². The van der Waals surface area contributed by atoms with Gasteiger partial charge in [0.2, 0.25) is 0 Å². The Balaban J connectivity index is 0.00000236. The van der Waals surface area contributed by atoms with Gasteiger partial charge in [-0.3, -0.25) is 0 Å². The van der Waals surface area contributed by atoms with Gasteiger partial charge >= 0.3 is 369 Å². The molecule has 1 heterocycles. The van der Waals surface area contributed by atoms with Gasteiger partial charge in [-0.15, -0.1) is 24.8 Å². The molecule has 0 nitrogen and oxygen atoms in total. The van der Waals surface area contributed by atoms with Crippen LogP contribution in [0.2, 0.25) is 7.35 Å². The number of rotatable bonds is 10. The van der Waals surface area contributed by atoms with Gasteiger partial charge < -0.3 is 0 Å². The van der Waals surface area contributed by atoms with Crippen LogP contribution in [0.3, 0.4) is 0 Å². The van der Waals surface area contributed by atoms with Gasteiger partial charge in [-0.05, 0) is 0 Å². The van der Waals surface area contributed by atoms with Crippen LogP contribution in [-0.4, -0.2) is 0 Å². The Kier molecular flexibility index (Phi) is 11.7. The molecule has 8 aromatic rings. The molecule has 4 atom stereocenters. The summed E-state index contributed by atoms with van der Waals surface area (Å²) in [5.74, 6) is 0. The minimum Gasteiger partial charge on any atom is -0.147 e. The zero-order valence-corrected chi connectivity index (χ0v) is 41.9. The molecule has 4 unspecified atom stereocenters. The first kappa shape index (κ1) is 42.7. The number of fused-ring (bicyclic) bond motifs is 7. The van der Waals surface area contributed by atoms with Crippen LogP contribution in [0.25, 0.3) is 77.5 Å². The van der Waals surface area contributed by atoms with Crippen LogP contribution in [0, 0.1) is 0 Å². The SMILES string of the molecule is CCCCC1=Cc2c(-c3c4ccccc4cc4ccccc34)cccc2[CH]1[Hf]1([CH]2C(CCCC)=Cc3c(-c4c5ccccc5cc5ccccc45)cccc32)[CH]2CCCC[CH]21.Cl.Cl. The Bertz CT molecular complexity index is 2800. The molecule has 0 aromatic heterocycles. The molecule has 12 rings (SSSR count). The van der Waals surface area contributed by atoms with E-state index in [1.165, 1.54) is 130 Å². The van der Waals surface area contributed by atoms with Crippen LogP contribution in [0.1, 0.15) is 108 Å². The molecule has 0 bridgehead atoms. The van der Waals surface area contributed by atoms with Gasteiger partial charge in [-0.1, -0.05) is 0 Å². The number of halogens is 2. The summed E-state index contributed by atoms with van der Waals surface area (Å²) < 4.78 is 3.22. The van der Waals surface area contributed by atoms with Crippen LogP contribution in [0.15, 0.2) is 157 Å². The third-order valence-electron chi connectivity index (χ3n) is 16.0. The van der Waals surface area contributed by atoms with E-state index in [0.717, 1.165) is 7.35 Å². The van der Waals surface area contributed by atoms with E-state index >= 15 is 0 Å². The topological polar surface area (TPSA) is 0 Å². The molecule has 1 aliphatic heterocycles. The number of allylic oxidation sites excluding steroid dienone is 2. The molecule has 63 heavy (non-hydrogen) atoms. The van der Waals surface area contributed by atoms with Gasteiger partial charge in [0.15, 0.2) is 0 Å². The zero-order valence-electron chi connectivity index (χ0n) is 36.7. The van der Waals surface area contributed by atoms with Gasteiger partial charge in [0.25, 0.3) is 0 Å². The molecule has 4 aliphatic rings. The summed E-state index contributed by atoms with van der Waals surface area (Å²) in [6, 6.07) is 56.5. The van der Waals surface area contributed by atoms with Crippen LogP contribution >= 0.6 is 24.8 Å². The summed E-state index contributed by atoms with van der Waals surface area (Å²) in [4.78, 5) is 0. The van der Waals surface area contributed by atoms with Crippen molar-refractivity contribution in [2.24, 2.45) is 0 Å². The molecule has 3 heteroatoms. The van der Waals surface area contributed by atoms with E-state index in [4.69, 9.17) is 0 Å². The van der Waals surface area contributed by atoms with Crippen molar-refractivity contribution < 1.29 is 20.0 Å². The van der Waals surface area contributed by atoms with Gasteiger partial charge in [0.1, 0.15) is 0 Å². The first-order chi connectivity index (χ1) is 30.2. The fourth-order valence-corrected chi connectivity index (χ4v) is 49.0. The molecule has 316 valence electrons. The predicted octanol–water partition coefficient (Wildman–Crippen LogP) is 18.8. The first-order valence-corrected chi connectivity index (χ1v) is 32.0. The van der Waals surface area contributed by atoms with Gasteiger partial charge in [-0.25, -0.2) is 0 Å². The maximum atomic E-state index is 2.79. The van der Waals surface area contributed by atoms with Crippen molar-refractivity contribution in [3.05, 3.63) is 179 Å². The van der Waals surface area contributed by atoms with Crippen LogP contribution in [0.4, 0.5) is 0 Å². The van der Waals surface area contributed by atoms with E-state index < -0.39 is 20.0 Å². The number of hydrogen-bond acceptors (Lipinski definition) is 0. The standard InChI is InChI=1S/2C27H23.C6H10.2ClH.Hf/c2*1-2-3-9-19-16-20-12-8-15-25(26(20)17-19)27-23-13-6-4-10-21(23)18-22-11-5-7-14-24(22)27;1-2-4-6-5-3-1;;;/h2*4-8,10-18H,2-3,9H2,1H3;1-2H,3-6H2;2*1H;. The van der Waals surface area contributed by atoms with Crippen LogP contribution < -0.4 is 0 Å². The molecule has 0 spiro atoms. The molecule has 0 N–H and O–H groups in total. The Labute approximate surface area is 391 Å². The third kappa shape index (κ3) is 6.61. The molecular formula is C60H58Cl2Hf. The van der Waals surface area contributed by atoms with Crippen molar-refractivity contribution >= 4 is 80.1 Å². The summed E-state index contributed by atoms with van der Waals surface area (Å²) in [6.45, 7) is 4.80. The third-order valence-corrected chi connectivity index (χ3v) is 40.9. The van der Waals surface area contributed by atoms with Crippen molar-refractivity contribution in [1.82, 2.24) is 0 Å². The average Bonchev–Trinajstić information content (AvgIpc) is 3.57. The number of unbranched alkanes of at least 4 members (excludes halogenated alkanes) is 2. The van der Waals surface area contributed by atoms with Crippen LogP contribution in [0.5, 0.6) is 0 Å². The minimum atomic E-state index is -3.48. The molecule has 0 radical (unpaired) electrons. The number of hydrogen-bond donors (Lipinski definition) is 0. The Morgan fingerprint density at radius 3 is 1.17 bits per heavy atom. The monoisotopic (exact) mass is 1030 g/mol. The van der Waals surface area contributed by atoms with E-state index in [0.29, 0.717) is 7.35 Å². The van der Waals surface area contributed by atoms with E-state index in [2.05, 4.69) is 172 Å². The quantitative estimate of drug-likeness (QED) is 0.0946. The molecule has 1 saturated carbocycles. The minimum absolute atomic E-state index is 0. The maximum Gasteiger partial charge on any atom is -0.147 e. The normalized spacial score (nSPS) is 21.9.